The molecule has 0 aliphatic carbocycles. The van der Waals surface area contributed by atoms with Gasteiger partial charge in [0.05, 0.1) is 16.4 Å². The van der Waals surface area contributed by atoms with Crippen LogP contribution in [0.3, 0.4) is 0 Å². The molecule has 4 aromatic rings. The number of furan rings is 1. The lowest BCUT2D eigenvalue weighted by Gasteiger charge is -2.08. The molecule has 15 heteroatoms. The number of nitrogens with one attached hydrogen (secondary N) is 2. The number of aromatic nitrogens is 4. The van der Waals surface area contributed by atoms with Crippen molar-refractivity contribution in [2.24, 2.45) is 0 Å². The van der Waals surface area contributed by atoms with Crippen molar-refractivity contribution in [1.82, 2.24) is 20.0 Å². The normalized spacial score (nSPS) is 11.2. The molecule has 0 atom stereocenters. The highest BCUT2D eigenvalue weighted by molar-refractivity contribution is 7.92. The maximum atomic E-state index is 12.5. The average molecular weight is 504 g/mol. The number of anilines is 2. The van der Waals surface area contributed by atoms with Gasteiger partial charge in [0.1, 0.15) is 18.2 Å². The van der Waals surface area contributed by atoms with E-state index in [0.717, 1.165) is 6.20 Å². The number of nitrogens with zero attached hydrogens (tertiary/aromatic N) is 5. The Bertz CT molecular complexity index is 1450. The largest absolute Gasteiger partial charge is 0.454 e. The Morgan fingerprint density at radius 1 is 1.12 bits per heavy atom. The first-order valence-corrected chi connectivity index (χ1v) is 11.2. The number of rotatable bonds is 8. The van der Waals surface area contributed by atoms with Crippen LogP contribution in [0.25, 0.3) is 0 Å². The van der Waals surface area contributed by atoms with E-state index in [1.165, 1.54) is 53.3 Å². The summed E-state index contributed by atoms with van der Waals surface area (Å²) in [4.78, 5) is 22.6. The third-order valence-corrected chi connectivity index (χ3v) is 5.90. The van der Waals surface area contributed by atoms with Gasteiger partial charge in [0, 0.05) is 5.69 Å². The minimum absolute atomic E-state index is 0.000111. The minimum atomic E-state index is -3.93. The first-order valence-electron chi connectivity index (χ1n) is 9.39. The van der Waals surface area contributed by atoms with Gasteiger partial charge in [-0.2, -0.15) is 5.10 Å². The SMILES string of the molecule is O=C(Nc1ccc(S(=O)(=O)Nc2ccc(Cl)nn2)cc1)c1ccc(Cn2cc([N+](=O)[O-])cn2)o1. The van der Waals surface area contributed by atoms with Gasteiger partial charge in [0.15, 0.2) is 16.7 Å². The van der Waals surface area contributed by atoms with E-state index in [4.69, 9.17) is 16.0 Å². The molecule has 13 nitrogen and oxygen atoms in total. The molecule has 0 fully saturated rings. The van der Waals surface area contributed by atoms with Crippen molar-refractivity contribution in [1.29, 1.82) is 0 Å². The third-order valence-electron chi connectivity index (χ3n) is 4.33. The lowest BCUT2D eigenvalue weighted by molar-refractivity contribution is -0.385. The molecule has 0 bridgehead atoms. The van der Waals surface area contributed by atoms with Gasteiger partial charge in [-0.3, -0.25) is 24.3 Å². The van der Waals surface area contributed by atoms with Crippen molar-refractivity contribution in [3.05, 3.63) is 87.7 Å². The summed E-state index contributed by atoms with van der Waals surface area (Å²) in [6, 6.07) is 11.2. The fraction of sp³-hybridized carbons (Fsp3) is 0.0526. The monoisotopic (exact) mass is 503 g/mol. The van der Waals surface area contributed by atoms with Gasteiger partial charge >= 0.3 is 5.69 Å². The molecule has 1 amide bonds. The standard InChI is InChI=1S/C19H14ClN7O6S/c20-17-7-8-18(24-23-17)25-34(31,32)15-4-1-12(2-5-15)22-19(28)16-6-3-14(33-16)11-26-10-13(9-21-26)27(29)30/h1-10H,11H2,(H,22,28)(H,24,25). The second kappa shape index (κ2) is 9.29. The van der Waals surface area contributed by atoms with Crippen molar-refractivity contribution < 1.29 is 22.6 Å². The number of benzene rings is 1. The summed E-state index contributed by atoms with van der Waals surface area (Å²) in [7, 11) is -3.93. The number of sulfonamides is 1. The van der Waals surface area contributed by atoms with Crippen molar-refractivity contribution in [3.63, 3.8) is 0 Å². The number of halogens is 1. The Morgan fingerprint density at radius 2 is 1.88 bits per heavy atom. The zero-order valence-electron chi connectivity index (χ0n) is 17.0. The molecule has 2 N–H and O–H groups in total. The fourth-order valence-corrected chi connectivity index (χ4v) is 3.85. The molecular formula is C19H14ClN7O6S. The highest BCUT2D eigenvalue weighted by Gasteiger charge is 2.17. The minimum Gasteiger partial charge on any atom is -0.454 e. The van der Waals surface area contributed by atoms with Crippen molar-refractivity contribution in [2.75, 3.05) is 10.0 Å². The Labute approximate surface area is 196 Å². The van der Waals surface area contributed by atoms with Crippen molar-refractivity contribution in [3.8, 4) is 0 Å². The van der Waals surface area contributed by atoms with Crippen LogP contribution in [0.4, 0.5) is 17.2 Å². The molecule has 1 aromatic carbocycles. The van der Waals surface area contributed by atoms with Crippen molar-refractivity contribution in [2.45, 2.75) is 11.4 Å². The molecule has 3 aromatic heterocycles. The van der Waals surface area contributed by atoms with Crippen LogP contribution in [-0.2, 0) is 16.6 Å². The van der Waals surface area contributed by atoms with Crippen LogP contribution in [-0.4, -0.2) is 39.2 Å². The van der Waals surface area contributed by atoms with Crippen LogP contribution >= 0.6 is 11.6 Å². The lowest BCUT2D eigenvalue weighted by Crippen LogP contribution is -2.15. The molecule has 0 unspecified atom stereocenters. The van der Waals surface area contributed by atoms with Gasteiger partial charge in [-0.15, -0.1) is 10.2 Å². The predicted molar refractivity (Wildman–Crippen MR) is 119 cm³/mol. The zero-order chi connectivity index (χ0) is 24.3. The van der Waals surface area contributed by atoms with Crippen LogP contribution in [0.2, 0.25) is 5.15 Å². The van der Waals surface area contributed by atoms with Crippen LogP contribution < -0.4 is 10.0 Å². The topological polar surface area (TPSA) is 175 Å². The second-order valence-corrected chi connectivity index (χ2v) is 8.81. The first kappa shape index (κ1) is 22.9. The van der Waals surface area contributed by atoms with Gasteiger partial charge in [-0.25, -0.2) is 8.42 Å². The number of amides is 1. The predicted octanol–water partition coefficient (Wildman–Crippen LogP) is 2.93. The Hall–Kier alpha value is -4.30. The van der Waals surface area contributed by atoms with Crippen molar-refractivity contribution >= 4 is 44.7 Å². The lowest BCUT2D eigenvalue weighted by atomic mass is 10.3. The van der Waals surface area contributed by atoms with E-state index in [0.29, 0.717) is 11.4 Å². The Kier molecular flexibility index (Phi) is 6.25. The van der Waals surface area contributed by atoms with Crippen LogP contribution in [0, 0.1) is 10.1 Å². The summed E-state index contributed by atoms with van der Waals surface area (Å²) in [5.41, 5.74) is 0.169. The Balaban J connectivity index is 1.39. The van der Waals surface area contributed by atoms with Crippen LogP contribution in [0.1, 0.15) is 16.3 Å². The maximum absolute atomic E-state index is 12.5. The molecule has 0 aliphatic rings. The molecule has 0 saturated heterocycles. The first-order chi connectivity index (χ1) is 16.2. The molecule has 0 spiro atoms. The molecule has 174 valence electrons. The van der Waals surface area contributed by atoms with E-state index >= 15 is 0 Å². The molecule has 34 heavy (non-hydrogen) atoms. The summed E-state index contributed by atoms with van der Waals surface area (Å²) >= 11 is 5.63. The van der Waals surface area contributed by atoms with Crippen LogP contribution in [0.5, 0.6) is 0 Å². The number of nitro groups is 1. The van der Waals surface area contributed by atoms with E-state index in [9.17, 15) is 23.3 Å². The molecule has 0 saturated carbocycles. The van der Waals surface area contributed by atoms with E-state index in [1.54, 1.807) is 6.07 Å². The smallest absolute Gasteiger partial charge is 0.307 e. The zero-order valence-corrected chi connectivity index (χ0v) is 18.5. The van der Waals surface area contributed by atoms with Gasteiger partial charge in [-0.05, 0) is 48.5 Å². The molecular weight excluding hydrogens is 490 g/mol. The molecule has 0 aliphatic heterocycles. The molecule has 4 rings (SSSR count). The third kappa shape index (κ3) is 5.36. The van der Waals surface area contributed by atoms with Crippen LogP contribution in [0.15, 0.2) is 70.2 Å². The highest BCUT2D eigenvalue weighted by Crippen LogP contribution is 2.19. The van der Waals surface area contributed by atoms with Gasteiger partial charge < -0.3 is 9.73 Å². The second-order valence-electron chi connectivity index (χ2n) is 6.74. The average Bonchev–Trinajstić information content (AvgIpc) is 3.46. The summed E-state index contributed by atoms with van der Waals surface area (Å²) < 4.78 is 34.0. The maximum Gasteiger partial charge on any atom is 0.307 e. The summed E-state index contributed by atoms with van der Waals surface area (Å²) in [6.45, 7) is 0.0959. The fourth-order valence-electron chi connectivity index (χ4n) is 2.76. The van der Waals surface area contributed by atoms with E-state index in [-0.39, 0.29) is 33.9 Å². The van der Waals surface area contributed by atoms with E-state index in [1.807, 2.05) is 0 Å². The number of carbonyl (C=O) groups excluding carboxylic acids is 1. The quantitative estimate of drug-likeness (QED) is 0.270. The number of carbonyl (C=O) groups is 1. The highest BCUT2D eigenvalue weighted by atomic mass is 35.5. The summed E-state index contributed by atoms with van der Waals surface area (Å²) in [5.74, 6) is -0.208. The van der Waals surface area contributed by atoms with Gasteiger partial charge in [0.2, 0.25) is 0 Å². The number of hydrogen-bond donors (Lipinski definition) is 2. The molecule has 3 heterocycles. The van der Waals surface area contributed by atoms with Gasteiger partial charge in [0.25, 0.3) is 15.9 Å². The Morgan fingerprint density at radius 3 is 2.53 bits per heavy atom. The van der Waals surface area contributed by atoms with Gasteiger partial charge in [-0.1, -0.05) is 11.6 Å². The van der Waals surface area contributed by atoms with E-state index < -0.39 is 20.9 Å². The number of hydrogen-bond acceptors (Lipinski definition) is 9. The summed E-state index contributed by atoms with van der Waals surface area (Å²) in [6.07, 6.45) is 2.35. The van der Waals surface area contributed by atoms with E-state index in [2.05, 4.69) is 25.3 Å². The molecule has 0 radical (unpaired) electrons. The summed E-state index contributed by atoms with van der Waals surface area (Å²) in [5, 5.41) is 24.5.